The molecule has 0 aliphatic heterocycles. The van der Waals surface area contributed by atoms with E-state index in [9.17, 15) is 18.0 Å². The molecule has 23 heavy (non-hydrogen) atoms. The molecule has 0 aromatic heterocycles. The number of hydrogen-bond acceptors (Lipinski definition) is 4. The molecule has 0 saturated heterocycles. The zero-order chi connectivity index (χ0) is 16.9. The largest absolute Gasteiger partial charge is 0.481 e. The summed E-state index contributed by atoms with van der Waals surface area (Å²) in [7, 11) is -3.40. The van der Waals surface area contributed by atoms with E-state index in [-0.39, 0.29) is 34.9 Å². The fourth-order valence-corrected chi connectivity index (χ4v) is 3.98. The van der Waals surface area contributed by atoms with E-state index < -0.39 is 15.8 Å². The van der Waals surface area contributed by atoms with Crippen molar-refractivity contribution in [3.63, 3.8) is 0 Å². The fourth-order valence-electron chi connectivity index (χ4n) is 2.80. The molecular weight excluding hydrogens is 318 g/mol. The normalized spacial score (nSPS) is 21.6. The van der Waals surface area contributed by atoms with E-state index >= 15 is 0 Å². The molecule has 0 unspecified atom stereocenters. The summed E-state index contributed by atoms with van der Waals surface area (Å²) in [5.74, 6) is -1.72. The third kappa shape index (κ3) is 4.79. The van der Waals surface area contributed by atoms with Crippen LogP contribution >= 0.6 is 0 Å². The lowest BCUT2D eigenvalue weighted by molar-refractivity contribution is -0.144. The topological polar surface area (TPSA) is 101 Å². The number of sulfone groups is 1. The Balaban J connectivity index is 1.78. The first kappa shape index (κ1) is 17.5. The van der Waals surface area contributed by atoms with Gasteiger partial charge in [0.05, 0.1) is 16.6 Å². The molecule has 1 aliphatic rings. The molecule has 2 rings (SSSR count). The lowest BCUT2D eigenvalue weighted by Crippen LogP contribution is -2.36. The number of carboxylic acid groups (broad SMARTS) is 1. The van der Waals surface area contributed by atoms with E-state index in [1.807, 2.05) is 0 Å². The van der Waals surface area contributed by atoms with Crippen LogP contribution in [0.2, 0.25) is 0 Å². The smallest absolute Gasteiger partial charge is 0.306 e. The monoisotopic (exact) mass is 339 g/mol. The second kappa shape index (κ2) is 7.59. The number of hydrogen-bond donors (Lipinski definition) is 2. The summed E-state index contributed by atoms with van der Waals surface area (Å²) >= 11 is 0. The average molecular weight is 339 g/mol. The summed E-state index contributed by atoms with van der Waals surface area (Å²) in [4.78, 5) is 23.2. The number of amides is 1. The Labute approximate surface area is 135 Å². The van der Waals surface area contributed by atoms with Gasteiger partial charge in [-0.05, 0) is 37.8 Å². The standard InChI is InChI=1S/C16H21NO5S/c18-15(12-6-8-13(9-7-12)16(19)20)17-10-11-23(21,22)14-4-2-1-3-5-14/h1-5,12-13H,6-11H2,(H,17,18)(H,19,20). The van der Waals surface area contributed by atoms with Crippen molar-refractivity contribution in [1.29, 1.82) is 0 Å². The van der Waals surface area contributed by atoms with Gasteiger partial charge in [0.1, 0.15) is 0 Å². The molecule has 0 radical (unpaired) electrons. The first-order chi connectivity index (χ1) is 10.9. The maximum atomic E-state index is 12.1. The lowest BCUT2D eigenvalue weighted by Gasteiger charge is -2.25. The quantitative estimate of drug-likeness (QED) is 0.817. The number of nitrogens with one attached hydrogen (secondary N) is 1. The van der Waals surface area contributed by atoms with Gasteiger partial charge < -0.3 is 10.4 Å². The van der Waals surface area contributed by atoms with Crippen molar-refractivity contribution in [3.05, 3.63) is 30.3 Å². The van der Waals surface area contributed by atoms with Gasteiger partial charge in [-0.2, -0.15) is 0 Å². The van der Waals surface area contributed by atoms with E-state index in [1.54, 1.807) is 18.2 Å². The molecule has 1 fully saturated rings. The van der Waals surface area contributed by atoms with Crippen LogP contribution < -0.4 is 5.32 Å². The van der Waals surface area contributed by atoms with E-state index in [2.05, 4.69) is 5.32 Å². The molecule has 126 valence electrons. The van der Waals surface area contributed by atoms with Gasteiger partial charge in [-0.3, -0.25) is 9.59 Å². The highest BCUT2D eigenvalue weighted by Gasteiger charge is 2.29. The van der Waals surface area contributed by atoms with Crippen molar-refractivity contribution >= 4 is 21.7 Å². The van der Waals surface area contributed by atoms with Crippen LogP contribution in [0.3, 0.4) is 0 Å². The predicted octanol–water partition coefficient (Wildman–Crippen LogP) is 1.47. The van der Waals surface area contributed by atoms with Crippen LogP contribution in [0.25, 0.3) is 0 Å². The van der Waals surface area contributed by atoms with Crippen LogP contribution in [0, 0.1) is 11.8 Å². The lowest BCUT2D eigenvalue weighted by atomic mass is 9.81. The minimum atomic E-state index is -3.40. The maximum Gasteiger partial charge on any atom is 0.306 e. The second-order valence-electron chi connectivity index (χ2n) is 5.81. The molecule has 0 heterocycles. The van der Waals surface area contributed by atoms with Gasteiger partial charge in [-0.15, -0.1) is 0 Å². The summed E-state index contributed by atoms with van der Waals surface area (Å²) in [5, 5.41) is 11.6. The highest BCUT2D eigenvalue weighted by Crippen LogP contribution is 2.28. The molecule has 1 saturated carbocycles. The molecule has 6 nitrogen and oxygen atoms in total. The highest BCUT2D eigenvalue weighted by molar-refractivity contribution is 7.91. The van der Waals surface area contributed by atoms with Crippen LogP contribution in [0.15, 0.2) is 35.2 Å². The van der Waals surface area contributed by atoms with Crippen LogP contribution in [-0.4, -0.2) is 37.7 Å². The Morgan fingerprint density at radius 3 is 2.17 bits per heavy atom. The maximum absolute atomic E-state index is 12.1. The zero-order valence-corrected chi connectivity index (χ0v) is 13.6. The molecule has 1 aliphatic carbocycles. The van der Waals surface area contributed by atoms with E-state index in [0.717, 1.165) is 0 Å². The Kier molecular flexibility index (Phi) is 5.76. The van der Waals surface area contributed by atoms with Crippen molar-refractivity contribution in [2.75, 3.05) is 12.3 Å². The summed E-state index contributed by atoms with van der Waals surface area (Å²) in [6.45, 7) is 0.0644. The van der Waals surface area contributed by atoms with Crippen molar-refractivity contribution in [1.82, 2.24) is 5.32 Å². The van der Waals surface area contributed by atoms with Crippen molar-refractivity contribution in [2.45, 2.75) is 30.6 Å². The van der Waals surface area contributed by atoms with Gasteiger partial charge in [0.2, 0.25) is 5.91 Å². The number of rotatable bonds is 6. The van der Waals surface area contributed by atoms with Crippen molar-refractivity contribution < 1.29 is 23.1 Å². The van der Waals surface area contributed by atoms with Gasteiger partial charge in [-0.25, -0.2) is 8.42 Å². The van der Waals surface area contributed by atoms with Crippen LogP contribution in [0.1, 0.15) is 25.7 Å². The molecule has 7 heteroatoms. The average Bonchev–Trinajstić information content (AvgIpc) is 2.55. The van der Waals surface area contributed by atoms with Gasteiger partial charge >= 0.3 is 5.97 Å². The fraction of sp³-hybridized carbons (Fsp3) is 0.500. The molecule has 0 bridgehead atoms. The first-order valence-corrected chi connectivity index (χ1v) is 9.33. The van der Waals surface area contributed by atoms with Crippen LogP contribution in [0.4, 0.5) is 0 Å². The van der Waals surface area contributed by atoms with Crippen LogP contribution in [-0.2, 0) is 19.4 Å². The SMILES string of the molecule is O=C(O)C1CCC(C(=O)NCCS(=O)(=O)c2ccccc2)CC1. The number of aliphatic carboxylic acids is 1. The van der Waals surface area contributed by atoms with Gasteiger partial charge in [0.15, 0.2) is 9.84 Å². The molecule has 1 aromatic rings. The summed E-state index contributed by atoms with van der Waals surface area (Å²) in [6, 6.07) is 8.13. The van der Waals surface area contributed by atoms with Gasteiger partial charge in [0, 0.05) is 12.5 Å². The molecular formula is C16H21NO5S. The molecule has 1 amide bonds. The second-order valence-corrected chi connectivity index (χ2v) is 7.92. The van der Waals surface area contributed by atoms with Gasteiger partial charge in [0.25, 0.3) is 0 Å². The van der Waals surface area contributed by atoms with Crippen molar-refractivity contribution in [2.24, 2.45) is 11.8 Å². The zero-order valence-electron chi connectivity index (χ0n) is 12.8. The minimum absolute atomic E-state index is 0.0644. The Hall–Kier alpha value is -1.89. The molecule has 0 atom stereocenters. The summed E-state index contributed by atoms with van der Waals surface area (Å²) in [6.07, 6.45) is 2.06. The minimum Gasteiger partial charge on any atom is -0.481 e. The van der Waals surface area contributed by atoms with E-state index in [0.29, 0.717) is 25.7 Å². The highest BCUT2D eigenvalue weighted by atomic mass is 32.2. The van der Waals surface area contributed by atoms with E-state index in [4.69, 9.17) is 5.11 Å². The Morgan fingerprint density at radius 1 is 1.04 bits per heavy atom. The van der Waals surface area contributed by atoms with Crippen molar-refractivity contribution in [3.8, 4) is 0 Å². The number of carbonyl (C=O) groups excluding carboxylic acids is 1. The number of benzene rings is 1. The predicted molar refractivity (Wildman–Crippen MR) is 84.6 cm³/mol. The van der Waals surface area contributed by atoms with E-state index in [1.165, 1.54) is 12.1 Å². The number of carbonyl (C=O) groups is 2. The third-order valence-electron chi connectivity index (χ3n) is 4.22. The Morgan fingerprint density at radius 2 is 1.61 bits per heavy atom. The number of carboxylic acids is 1. The first-order valence-electron chi connectivity index (χ1n) is 7.68. The summed E-state index contributed by atoms with van der Waals surface area (Å²) in [5.41, 5.74) is 0. The molecule has 1 aromatic carbocycles. The molecule has 0 spiro atoms. The third-order valence-corrected chi connectivity index (χ3v) is 5.95. The summed E-state index contributed by atoms with van der Waals surface area (Å²) < 4.78 is 24.2. The van der Waals surface area contributed by atoms with Gasteiger partial charge in [-0.1, -0.05) is 18.2 Å². The Bertz CT molecular complexity index is 648. The van der Waals surface area contributed by atoms with Crippen LogP contribution in [0.5, 0.6) is 0 Å². The molecule has 2 N–H and O–H groups in total.